The highest BCUT2D eigenvalue weighted by Gasteiger charge is 2.12. The molecule has 0 aromatic rings. The van der Waals surface area contributed by atoms with Crippen LogP contribution in [0.4, 0.5) is 0 Å². The van der Waals surface area contributed by atoms with E-state index < -0.39 is 18.0 Å². The molecule has 0 aliphatic carbocycles. The highest BCUT2D eigenvalue weighted by Crippen LogP contribution is 1.95. The molecule has 3 N–H and O–H groups in total. The van der Waals surface area contributed by atoms with E-state index in [0.717, 1.165) is 0 Å². The van der Waals surface area contributed by atoms with E-state index in [4.69, 9.17) is 15.9 Å². The Kier molecular flexibility index (Phi) is 3.42. The maximum atomic E-state index is 9.93. The van der Waals surface area contributed by atoms with Crippen molar-refractivity contribution in [1.29, 1.82) is 0 Å². The van der Waals surface area contributed by atoms with Crippen LogP contribution in [0, 0.1) is 0 Å². The van der Waals surface area contributed by atoms with Crippen LogP contribution < -0.4 is 5.73 Å². The zero-order chi connectivity index (χ0) is 8.15. The van der Waals surface area contributed by atoms with Gasteiger partial charge in [0, 0.05) is 6.42 Å². The van der Waals surface area contributed by atoms with Gasteiger partial charge in [-0.3, -0.25) is 9.59 Å². The summed E-state index contributed by atoms with van der Waals surface area (Å²) in [6, 6.07) is -1.31. The van der Waals surface area contributed by atoms with E-state index >= 15 is 0 Å². The van der Waals surface area contributed by atoms with Crippen molar-refractivity contribution >= 4 is 11.9 Å². The first-order valence-corrected chi connectivity index (χ1v) is 2.69. The Bertz CT molecular complexity index is 145. The Labute approximate surface area is 57.5 Å². The molecule has 0 aliphatic heterocycles. The first-order chi connectivity index (χ1) is 4.54. The molecular formula is C5H8NO4. The Morgan fingerprint density at radius 3 is 2.20 bits per heavy atom. The fourth-order valence-electron chi connectivity index (χ4n) is 0.391. The first kappa shape index (κ1) is 8.90. The predicted molar refractivity (Wildman–Crippen MR) is 31.4 cm³/mol. The highest BCUT2D eigenvalue weighted by molar-refractivity contribution is 5.74. The van der Waals surface area contributed by atoms with E-state index in [9.17, 15) is 9.59 Å². The van der Waals surface area contributed by atoms with E-state index in [1.807, 2.05) is 0 Å². The summed E-state index contributed by atoms with van der Waals surface area (Å²) < 4.78 is 0. The molecular weight excluding hydrogens is 138 g/mol. The van der Waals surface area contributed by atoms with Crippen molar-refractivity contribution in [1.82, 2.24) is 5.73 Å². The topological polar surface area (TPSA) is 98.4 Å². The van der Waals surface area contributed by atoms with Crippen LogP contribution in [0.25, 0.3) is 0 Å². The Hall–Kier alpha value is -1.10. The van der Waals surface area contributed by atoms with E-state index in [2.05, 4.69) is 0 Å². The number of carbonyl (C=O) groups is 2. The normalized spacial score (nSPS) is 12.5. The number of hydrogen-bond donors (Lipinski definition) is 2. The molecule has 0 rings (SSSR count). The minimum absolute atomic E-state index is 0.134. The molecule has 10 heavy (non-hydrogen) atoms. The number of rotatable bonds is 4. The minimum Gasteiger partial charge on any atom is -0.481 e. The predicted octanol–water partition coefficient (Wildman–Crippen LogP) is -0.413. The van der Waals surface area contributed by atoms with Gasteiger partial charge in [0.25, 0.3) is 0 Å². The summed E-state index contributed by atoms with van der Waals surface area (Å²) in [6.45, 7) is 0. The zero-order valence-corrected chi connectivity index (χ0v) is 5.20. The third kappa shape index (κ3) is 3.85. The lowest BCUT2D eigenvalue weighted by atomic mass is 10.2. The summed E-state index contributed by atoms with van der Waals surface area (Å²) in [5.41, 5.74) is 6.76. The first-order valence-electron chi connectivity index (χ1n) is 2.69. The van der Waals surface area contributed by atoms with E-state index in [-0.39, 0.29) is 12.8 Å². The molecule has 0 fully saturated rings. The van der Waals surface area contributed by atoms with Gasteiger partial charge in [0.1, 0.15) is 6.04 Å². The summed E-state index contributed by atoms with van der Waals surface area (Å²) in [5.74, 6) is -2.35. The van der Waals surface area contributed by atoms with Crippen molar-refractivity contribution in [3.8, 4) is 0 Å². The molecule has 0 heterocycles. The minimum atomic E-state index is -1.31. The monoisotopic (exact) mass is 146 g/mol. The van der Waals surface area contributed by atoms with Crippen LogP contribution in [-0.2, 0) is 9.59 Å². The van der Waals surface area contributed by atoms with Crippen LogP contribution in [0.2, 0.25) is 0 Å². The van der Waals surface area contributed by atoms with Gasteiger partial charge in [0.15, 0.2) is 0 Å². The van der Waals surface area contributed by atoms with Gasteiger partial charge in [-0.25, -0.2) is 5.73 Å². The number of aliphatic carboxylic acids is 2. The Morgan fingerprint density at radius 2 is 1.90 bits per heavy atom. The van der Waals surface area contributed by atoms with Gasteiger partial charge in [-0.1, -0.05) is 0 Å². The molecule has 0 aromatic carbocycles. The van der Waals surface area contributed by atoms with E-state index in [1.165, 1.54) is 0 Å². The molecule has 0 spiro atoms. The molecule has 0 bridgehead atoms. The van der Waals surface area contributed by atoms with Crippen LogP contribution in [-0.4, -0.2) is 28.2 Å². The second-order valence-electron chi connectivity index (χ2n) is 1.82. The maximum absolute atomic E-state index is 9.93. The number of nitrogens with one attached hydrogen (secondary N) is 1. The Balaban J connectivity index is 3.49. The average molecular weight is 146 g/mol. The third-order valence-corrected chi connectivity index (χ3v) is 0.945. The van der Waals surface area contributed by atoms with Crippen molar-refractivity contribution in [2.24, 2.45) is 0 Å². The molecule has 1 atom stereocenters. The quantitative estimate of drug-likeness (QED) is 0.563. The molecule has 0 amide bonds. The fourth-order valence-corrected chi connectivity index (χ4v) is 0.391. The van der Waals surface area contributed by atoms with Crippen molar-refractivity contribution in [3.63, 3.8) is 0 Å². The second-order valence-corrected chi connectivity index (χ2v) is 1.82. The van der Waals surface area contributed by atoms with Crippen molar-refractivity contribution in [2.75, 3.05) is 0 Å². The molecule has 0 aliphatic rings. The molecule has 0 aromatic heterocycles. The number of carboxylic acids is 2. The van der Waals surface area contributed by atoms with Gasteiger partial charge in [0.05, 0.1) is 0 Å². The highest BCUT2D eigenvalue weighted by atomic mass is 16.4. The molecule has 0 saturated heterocycles. The van der Waals surface area contributed by atoms with Crippen molar-refractivity contribution in [3.05, 3.63) is 0 Å². The van der Waals surface area contributed by atoms with Crippen LogP contribution in [0.15, 0.2) is 0 Å². The fraction of sp³-hybridized carbons (Fsp3) is 0.600. The van der Waals surface area contributed by atoms with Crippen molar-refractivity contribution < 1.29 is 19.8 Å². The van der Waals surface area contributed by atoms with Crippen LogP contribution in [0.1, 0.15) is 12.8 Å². The number of carboxylic acid groups (broad SMARTS) is 2. The number of hydrogen-bond acceptors (Lipinski definition) is 2. The Morgan fingerprint density at radius 1 is 1.40 bits per heavy atom. The third-order valence-electron chi connectivity index (χ3n) is 0.945. The standard InChI is InChI=1S/C5H8NO4/c6-3(5(9)10)1-2-4(7)8/h3,6H,1-2H2,(H,7,8)(H,9,10)/t3-/m1/s1. The van der Waals surface area contributed by atoms with Crippen LogP contribution in [0.5, 0.6) is 0 Å². The van der Waals surface area contributed by atoms with Gasteiger partial charge in [0.2, 0.25) is 0 Å². The average Bonchev–Trinajstić information content (AvgIpc) is 1.82. The lowest BCUT2D eigenvalue weighted by Gasteiger charge is -2.00. The van der Waals surface area contributed by atoms with E-state index in [1.54, 1.807) is 0 Å². The molecule has 57 valence electrons. The van der Waals surface area contributed by atoms with Gasteiger partial charge >= 0.3 is 11.9 Å². The van der Waals surface area contributed by atoms with Gasteiger partial charge in [-0.05, 0) is 6.42 Å². The molecule has 0 unspecified atom stereocenters. The lowest BCUT2D eigenvalue weighted by molar-refractivity contribution is -0.140. The van der Waals surface area contributed by atoms with Crippen LogP contribution >= 0.6 is 0 Å². The maximum Gasteiger partial charge on any atom is 0.322 e. The summed E-state index contributed by atoms with van der Waals surface area (Å²) in [6.07, 6.45) is -0.398. The molecule has 0 saturated carbocycles. The van der Waals surface area contributed by atoms with Gasteiger partial charge in [-0.2, -0.15) is 0 Å². The SMILES string of the molecule is [NH][C@H](CCC(=O)O)C(=O)O. The summed E-state index contributed by atoms with van der Waals surface area (Å²) in [7, 11) is 0. The van der Waals surface area contributed by atoms with Gasteiger partial charge in [-0.15, -0.1) is 0 Å². The summed E-state index contributed by atoms with van der Waals surface area (Å²) in [5, 5.41) is 16.2. The van der Waals surface area contributed by atoms with Crippen LogP contribution in [0.3, 0.4) is 0 Å². The molecule has 1 radical (unpaired) electrons. The molecule has 5 nitrogen and oxygen atoms in total. The summed E-state index contributed by atoms with van der Waals surface area (Å²) >= 11 is 0. The summed E-state index contributed by atoms with van der Waals surface area (Å²) in [4.78, 5) is 19.8. The zero-order valence-electron chi connectivity index (χ0n) is 5.20. The van der Waals surface area contributed by atoms with Gasteiger partial charge < -0.3 is 10.2 Å². The van der Waals surface area contributed by atoms with Crippen molar-refractivity contribution in [2.45, 2.75) is 18.9 Å². The lowest BCUT2D eigenvalue weighted by Crippen LogP contribution is -2.22. The largest absolute Gasteiger partial charge is 0.481 e. The second kappa shape index (κ2) is 3.84. The molecule has 5 heteroatoms. The van der Waals surface area contributed by atoms with E-state index in [0.29, 0.717) is 0 Å². The smallest absolute Gasteiger partial charge is 0.322 e.